The monoisotopic (exact) mass is 508 g/mol. The van der Waals surface area contributed by atoms with Crippen molar-refractivity contribution < 1.29 is 4.79 Å². The van der Waals surface area contributed by atoms with Gasteiger partial charge in [0.25, 0.3) is 5.56 Å². The van der Waals surface area contributed by atoms with Crippen molar-refractivity contribution in [2.24, 2.45) is 5.92 Å². The second-order valence-electron chi connectivity index (χ2n) is 9.11. The Bertz CT molecular complexity index is 1240. The lowest BCUT2D eigenvalue weighted by atomic mass is 9.74. The highest BCUT2D eigenvalue weighted by Crippen LogP contribution is 2.47. The lowest BCUT2D eigenvalue weighted by Gasteiger charge is -2.48. The number of carbonyl (C=O) groups excluding carboxylic acids is 1. The van der Waals surface area contributed by atoms with Crippen molar-refractivity contribution in [3.05, 3.63) is 117 Å². The molecule has 3 aromatic rings. The number of pyridine rings is 1. The fraction of sp³-hybridized carbons (Fsp3) is 0.310. The molecule has 0 saturated carbocycles. The first-order valence-corrected chi connectivity index (χ1v) is 12.8. The number of allylic oxidation sites excluding steroid dienone is 1. The molecule has 0 N–H and O–H groups in total. The summed E-state index contributed by atoms with van der Waals surface area (Å²) in [7, 11) is 0. The molecule has 0 spiro atoms. The molecular formula is C29H30Cl2N2O2. The fourth-order valence-corrected chi connectivity index (χ4v) is 5.57. The number of halogens is 2. The lowest BCUT2D eigenvalue weighted by Crippen LogP contribution is -2.53. The van der Waals surface area contributed by atoms with E-state index in [1.165, 1.54) is 0 Å². The number of benzene rings is 2. The van der Waals surface area contributed by atoms with Gasteiger partial charge in [0.2, 0.25) is 5.91 Å². The van der Waals surface area contributed by atoms with Crippen LogP contribution in [0.4, 0.5) is 0 Å². The van der Waals surface area contributed by atoms with Crippen LogP contribution in [0, 0.1) is 5.92 Å². The zero-order chi connectivity index (χ0) is 24.9. The SMILES string of the molecule is C=CCC1C[C@H](c2cccc(Cl)c2)C(c2ccc(Cl)cc2)N(C(CC)Cn2ccccc2=O)C1=O. The van der Waals surface area contributed by atoms with Crippen molar-refractivity contribution >= 4 is 29.1 Å². The summed E-state index contributed by atoms with van der Waals surface area (Å²) in [6, 6.07) is 20.4. The topological polar surface area (TPSA) is 42.3 Å². The van der Waals surface area contributed by atoms with Gasteiger partial charge in [-0.15, -0.1) is 6.58 Å². The summed E-state index contributed by atoms with van der Waals surface area (Å²) in [6.45, 7) is 6.40. The van der Waals surface area contributed by atoms with Gasteiger partial charge in [0.05, 0.1) is 12.1 Å². The Morgan fingerprint density at radius 3 is 2.43 bits per heavy atom. The first-order chi connectivity index (χ1) is 16.9. The van der Waals surface area contributed by atoms with Crippen molar-refractivity contribution in [3.8, 4) is 0 Å². The highest BCUT2D eigenvalue weighted by Gasteiger charge is 2.45. The van der Waals surface area contributed by atoms with E-state index in [-0.39, 0.29) is 35.4 Å². The van der Waals surface area contributed by atoms with E-state index in [4.69, 9.17) is 23.2 Å². The van der Waals surface area contributed by atoms with E-state index >= 15 is 0 Å². The minimum absolute atomic E-state index is 0.0269. The van der Waals surface area contributed by atoms with Crippen molar-refractivity contribution in [2.45, 2.75) is 50.7 Å². The Morgan fingerprint density at radius 2 is 1.77 bits per heavy atom. The van der Waals surface area contributed by atoms with E-state index in [2.05, 4.69) is 19.6 Å². The number of piperidine rings is 1. The summed E-state index contributed by atoms with van der Waals surface area (Å²) in [5.74, 6) is -0.0698. The van der Waals surface area contributed by atoms with Gasteiger partial charge in [-0.2, -0.15) is 0 Å². The van der Waals surface area contributed by atoms with Gasteiger partial charge in [-0.1, -0.05) is 66.5 Å². The van der Waals surface area contributed by atoms with Gasteiger partial charge in [0, 0.05) is 40.7 Å². The predicted octanol–water partition coefficient (Wildman–Crippen LogP) is 6.88. The maximum atomic E-state index is 14.0. The minimum Gasteiger partial charge on any atom is -0.330 e. The van der Waals surface area contributed by atoms with Crippen molar-refractivity contribution in [1.29, 1.82) is 0 Å². The van der Waals surface area contributed by atoms with E-state index in [1.807, 2.05) is 59.5 Å². The zero-order valence-corrected chi connectivity index (χ0v) is 21.3. The van der Waals surface area contributed by atoms with Gasteiger partial charge in [-0.3, -0.25) is 9.59 Å². The molecule has 35 heavy (non-hydrogen) atoms. The van der Waals surface area contributed by atoms with Crippen LogP contribution in [-0.4, -0.2) is 21.4 Å². The molecule has 4 atom stereocenters. The highest BCUT2D eigenvalue weighted by molar-refractivity contribution is 6.30. The minimum atomic E-state index is -0.219. The summed E-state index contributed by atoms with van der Waals surface area (Å²) >= 11 is 12.6. The Balaban J connectivity index is 1.86. The number of rotatable bonds is 8. The molecule has 1 aliphatic heterocycles. The van der Waals surface area contributed by atoms with Crippen LogP contribution < -0.4 is 5.56 Å². The Hall–Kier alpha value is -2.82. The lowest BCUT2D eigenvalue weighted by molar-refractivity contribution is -0.147. The van der Waals surface area contributed by atoms with E-state index < -0.39 is 0 Å². The van der Waals surface area contributed by atoms with Crippen LogP contribution in [0.1, 0.15) is 49.3 Å². The molecule has 0 aliphatic carbocycles. The third-order valence-electron chi connectivity index (χ3n) is 6.93. The Morgan fingerprint density at radius 1 is 1.00 bits per heavy atom. The molecule has 1 saturated heterocycles. The van der Waals surface area contributed by atoms with Gasteiger partial charge in [-0.05, 0) is 60.7 Å². The fourth-order valence-electron chi connectivity index (χ4n) is 5.24. The average molecular weight is 509 g/mol. The van der Waals surface area contributed by atoms with Gasteiger partial charge >= 0.3 is 0 Å². The van der Waals surface area contributed by atoms with Gasteiger partial charge in [-0.25, -0.2) is 0 Å². The normalized spacial score (nSPS) is 21.1. The maximum absolute atomic E-state index is 14.0. The molecule has 6 heteroatoms. The summed E-state index contributed by atoms with van der Waals surface area (Å²) in [4.78, 5) is 28.6. The number of hydrogen-bond acceptors (Lipinski definition) is 2. The molecule has 2 aromatic carbocycles. The van der Waals surface area contributed by atoms with E-state index in [0.717, 1.165) is 11.1 Å². The van der Waals surface area contributed by atoms with Gasteiger partial charge < -0.3 is 9.47 Å². The average Bonchev–Trinajstić information content (AvgIpc) is 2.85. The Labute approximate surface area is 216 Å². The first-order valence-electron chi connectivity index (χ1n) is 12.0. The molecule has 2 heterocycles. The van der Waals surface area contributed by atoms with E-state index in [9.17, 15) is 9.59 Å². The number of amides is 1. The number of carbonyl (C=O) groups is 1. The molecule has 0 bridgehead atoms. The second kappa shape index (κ2) is 11.3. The zero-order valence-electron chi connectivity index (χ0n) is 19.8. The quantitative estimate of drug-likeness (QED) is 0.311. The molecule has 4 nitrogen and oxygen atoms in total. The number of aromatic nitrogens is 1. The van der Waals surface area contributed by atoms with Crippen LogP contribution >= 0.6 is 23.2 Å². The summed E-state index contributed by atoms with van der Waals surface area (Å²) in [5.41, 5.74) is 2.03. The highest BCUT2D eigenvalue weighted by atomic mass is 35.5. The van der Waals surface area contributed by atoms with Crippen LogP contribution in [0.25, 0.3) is 0 Å². The molecule has 1 fully saturated rings. The second-order valence-corrected chi connectivity index (χ2v) is 9.99. The molecule has 4 rings (SSSR count). The molecule has 1 amide bonds. The first kappa shape index (κ1) is 25.3. The Kier molecular flexibility index (Phi) is 8.15. The van der Waals surface area contributed by atoms with Crippen molar-refractivity contribution in [1.82, 2.24) is 9.47 Å². The molecule has 182 valence electrons. The largest absolute Gasteiger partial charge is 0.330 e. The third kappa shape index (κ3) is 5.55. The standard InChI is InChI=1S/C29H30Cl2N2O2/c1-3-8-22-18-26(21-9-7-10-24(31)17-21)28(20-12-14-23(30)15-13-20)33(29(22)35)25(4-2)19-32-16-6-5-11-27(32)34/h3,5-7,9-17,22,25-26,28H,1,4,8,18-19H2,2H3/t22?,25?,26-,28?/m1/s1. The molecule has 1 aromatic heterocycles. The van der Waals surface area contributed by atoms with Gasteiger partial charge in [0.15, 0.2) is 0 Å². The van der Waals surface area contributed by atoms with Gasteiger partial charge in [0.1, 0.15) is 0 Å². The molecule has 0 radical (unpaired) electrons. The van der Waals surface area contributed by atoms with Crippen molar-refractivity contribution in [3.63, 3.8) is 0 Å². The van der Waals surface area contributed by atoms with Crippen molar-refractivity contribution in [2.75, 3.05) is 0 Å². The number of hydrogen-bond donors (Lipinski definition) is 0. The van der Waals surface area contributed by atoms with E-state index in [0.29, 0.717) is 35.9 Å². The van der Waals surface area contributed by atoms with Crippen LogP contribution in [0.3, 0.4) is 0 Å². The van der Waals surface area contributed by atoms with Crippen LogP contribution in [-0.2, 0) is 11.3 Å². The molecule has 3 unspecified atom stereocenters. The number of likely N-dealkylation sites (tertiary alicyclic amines) is 1. The van der Waals surface area contributed by atoms with Crippen LogP contribution in [0.2, 0.25) is 10.0 Å². The van der Waals surface area contributed by atoms with Crippen LogP contribution in [0.15, 0.2) is 90.4 Å². The number of nitrogens with zero attached hydrogens (tertiary/aromatic N) is 2. The summed E-state index contributed by atoms with van der Waals surface area (Å²) in [6.07, 6.45) is 5.60. The smallest absolute Gasteiger partial charge is 0.250 e. The molecular weight excluding hydrogens is 479 g/mol. The third-order valence-corrected chi connectivity index (χ3v) is 7.42. The maximum Gasteiger partial charge on any atom is 0.250 e. The molecule has 1 aliphatic rings. The van der Waals surface area contributed by atoms with E-state index in [1.54, 1.807) is 22.9 Å². The predicted molar refractivity (Wildman–Crippen MR) is 143 cm³/mol. The van der Waals surface area contributed by atoms with Crippen LogP contribution in [0.5, 0.6) is 0 Å². The summed E-state index contributed by atoms with van der Waals surface area (Å²) in [5, 5.41) is 1.32. The summed E-state index contributed by atoms with van der Waals surface area (Å²) < 4.78 is 1.69.